The smallest absolute Gasteiger partial charge is 0.0502 e. The van der Waals surface area contributed by atoms with Crippen LogP contribution >= 0.6 is 23.2 Å². The first-order valence-corrected chi connectivity index (χ1v) is 5.17. The molecule has 0 bridgehead atoms. The Kier molecular flexibility index (Phi) is 2.39. The standard InChI is InChI=1S/C10H11Cl2N/c1-6-8(11)5-9-7(10(6)12)3-2-4-13-9/h5,13H,2-4H2,1H3. The van der Waals surface area contributed by atoms with Gasteiger partial charge in [0.25, 0.3) is 0 Å². The molecule has 0 aromatic heterocycles. The second-order valence-corrected chi connectivity index (χ2v) is 4.14. The molecule has 0 aliphatic carbocycles. The molecule has 2 rings (SSSR count). The number of hydrogen-bond acceptors (Lipinski definition) is 1. The summed E-state index contributed by atoms with van der Waals surface area (Å²) >= 11 is 12.2. The summed E-state index contributed by atoms with van der Waals surface area (Å²) in [4.78, 5) is 0. The molecule has 1 nitrogen and oxygen atoms in total. The molecule has 1 aromatic rings. The van der Waals surface area contributed by atoms with E-state index in [1.807, 2.05) is 13.0 Å². The van der Waals surface area contributed by atoms with Gasteiger partial charge in [0.15, 0.2) is 0 Å². The molecule has 0 radical (unpaired) electrons. The van der Waals surface area contributed by atoms with Crippen molar-refractivity contribution in [2.24, 2.45) is 0 Å². The van der Waals surface area contributed by atoms with Crippen molar-refractivity contribution < 1.29 is 0 Å². The first-order valence-electron chi connectivity index (χ1n) is 4.41. The molecule has 0 amide bonds. The third-order valence-corrected chi connectivity index (χ3v) is 3.37. The highest BCUT2D eigenvalue weighted by Crippen LogP contribution is 2.35. The Balaban J connectivity index is 2.60. The van der Waals surface area contributed by atoms with Crippen molar-refractivity contribution in [3.05, 3.63) is 27.2 Å². The summed E-state index contributed by atoms with van der Waals surface area (Å²) in [5.41, 5.74) is 3.31. The van der Waals surface area contributed by atoms with Gasteiger partial charge in [-0.05, 0) is 37.0 Å². The van der Waals surface area contributed by atoms with Crippen molar-refractivity contribution in [2.75, 3.05) is 11.9 Å². The second-order valence-electron chi connectivity index (χ2n) is 3.35. The number of hydrogen-bond donors (Lipinski definition) is 1. The minimum atomic E-state index is 0.748. The predicted molar refractivity (Wildman–Crippen MR) is 58.0 cm³/mol. The summed E-state index contributed by atoms with van der Waals surface area (Å²) in [6, 6.07) is 1.97. The van der Waals surface area contributed by atoms with Crippen molar-refractivity contribution >= 4 is 28.9 Å². The number of nitrogens with one attached hydrogen (secondary N) is 1. The van der Waals surface area contributed by atoms with E-state index >= 15 is 0 Å². The molecule has 0 unspecified atom stereocenters. The van der Waals surface area contributed by atoms with Gasteiger partial charge in [0, 0.05) is 17.3 Å². The van der Waals surface area contributed by atoms with Crippen LogP contribution in [-0.2, 0) is 6.42 Å². The third-order valence-electron chi connectivity index (χ3n) is 2.47. The van der Waals surface area contributed by atoms with E-state index in [1.165, 1.54) is 5.56 Å². The Labute approximate surface area is 88.0 Å². The van der Waals surface area contributed by atoms with E-state index < -0.39 is 0 Å². The SMILES string of the molecule is Cc1c(Cl)cc2c(c1Cl)CCCN2. The fraction of sp³-hybridized carbons (Fsp3) is 0.400. The minimum absolute atomic E-state index is 0.748. The van der Waals surface area contributed by atoms with Crippen LogP contribution in [0.3, 0.4) is 0 Å². The summed E-state index contributed by atoms with van der Waals surface area (Å²) in [5.74, 6) is 0. The average Bonchev–Trinajstić information content (AvgIpc) is 2.15. The molecule has 0 saturated carbocycles. The largest absolute Gasteiger partial charge is 0.385 e. The first kappa shape index (κ1) is 9.17. The molecule has 0 spiro atoms. The number of fused-ring (bicyclic) bond motifs is 1. The number of halogens is 2. The fourth-order valence-electron chi connectivity index (χ4n) is 1.66. The summed E-state index contributed by atoms with van der Waals surface area (Å²) in [7, 11) is 0. The highest BCUT2D eigenvalue weighted by atomic mass is 35.5. The minimum Gasteiger partial charge on any atom is -0.385 e. The number of benzene rings is 1. The highest BCUT2D eigenvalue weighted by Gasteiger charge is 2.15. The molecule has 1 heterocycles. The average molecular weight is 216 g/mol. The Morgan fingerprint density at radius 3 is 2.92 bits per heavy atom. The molecule has 0 fully saturated rings. The normalized spacial score (nSPS) is 15.0. The molecular weight excluding hydrogens is 205 g/mol. The lowest BCUT2D eigenvalue weighted by Crippen LogP contribution is -2.12. The van der Waals surface area contributed by atoms with Crippen molar-refractivity contribution in [3.63, 3.8) is 0 Å². The van der Waals surface area contributed by atoms with E-state index in [4.69, 9.17) is 23.2 Å². The van der Waals surface area contributed by atoms with Crippen LogP contribution < -0.4 is 5.32 Å². The van der Waals surface area contributed by atoms with E-state index in [0.29, 0.717) is 0 Å². The van der Waals surface area contributed by atoms with Gasteiger partial charge in [-0.25, -0.2) is 0 Å². The zero-order chi connectivity index (χ0) is 9.42. The van der Waals surface area contributed by atoms with Gasteiger partial charge in [0.05, 0.1) is 5.02 Å². The van der Waals surface area contributed by atoms with Crippen molar-refractivity contribution in [1.29, 1.82) is 0 Å². The summed E-state index contributed by atoms with van der Waals surface area (Å²) in [6.07, 6.45) is 2.20. The van der Waals surface area contributed by atoms with Gasteiger partial charge >= 0.3 is 0 Å². The maximum Gasteiger partial charge on any atom is 0.0502 e. The molecule has 1 N–H and O–H groups in total. The van der Waals surface area contributed by atoms with Crippen LogP contribution in [0.25, 0.3) is 0 Å². The van der Waals surface area contributed by atoms with E-state index in [1.54, 1.807) is 0 Å². The summed E-state index contributed by atoms with van der Waals surface area (Å²) < 4.78 is 0. The monoisotopic (exact) mass is 215 g/mol. The van der Waals surface area contributed by atoms with Crippen LogP contribution in [0.4, 0.5) is 5.69 Å². The van der Waals surface area contributed by atoms with E-state index in [2.05, 4.69) is 5.32 Å². The number of rotatable bonds is 0. The van der Waals surface area contributed by atoms with E-state index in [-0.39, 0.29) is 0 Å². The molecule has 70 valence electrons. The first-order chi connectivity index (χ1) is 6.20. The van der Waals surface area contributed by atoms with Crippen LogP contribution in [0, 0.1) is 6.92 Å². The van der Waals surface area contributed by atoms with Gasteiger partial charge in [-0.15, -0.1) is 0 Å². The van der Waals surface area contributed by atoms with Gasteiger partial charge in [0.2, 0.25) is 0 Å². The highest BCUT2D eigenvalue weighted by molar-refractivity contribution is 6.37. The van der Waals surface area contributed by atoms with Gasteiger partial charge in [-0.1, -0.05) is 23.2 Å². The molecule has 1 aliphatic heterocycles. The molecule has 0 atom stereocenters. The number of anilines is 1. The Hall–Kier alpha value is -0.400. The maximum absolute atomic E-state index is 6.19. The zero-order valence-corrected chi connectivity index (χ0v) is 8.97. The molecule has 1 aromatic carbocycles. The van der Waals surface area contributed by atoms with Crippen molar-refractivity contribution in [2.45, 2.75) is 19.8 Å². The predicted octanol–water partition coefficient (Wildman–Crippen LogP) is 3.66. The molecular formula is C10H11Cl2N. The molecule has 1 aliphatic rings. The van der Waals surface area contributed by atoms with Crippen LogP contribution in [0.5, 0.6) is 0 Å². The van der Waals surface area contributed by atoms with Gasteiger partial charge in [-0.3, -0.25) is 0 Å². The fourth-order valence-corrected chi connectivity index (χ4v) is 2.21. The molecule has 3 heteroatoms. The lowest BCUT2D eigenvalue weighted by atomic mass is 10.0. The van der Waals surface area contributed by atoms with Crippen molar-refractivity contribution in [1.82, 2.24) is 0 Å². The zero-order valence-electron chi connectivity index (χ0n) is 7.45. The van der Waals surface area contributed by atoms with Gasteiger partial charge in [-0.2, -0.15) is 0 Å². The molecule has 13 heavy (non-hydrogen) atoms. The maximum atomic E-state index is 6.19. The van der Waals surface area contributed by atoms with E-state index in [9.17, 15) is 0 Å². The lowest BCUT2D eigenvalue weighted by Gasteiger charge is -2.20. The van der Waals surface area contributed by atoms with Crippen LogP contribution in [0.1, 0.15) is 17.5 Å². The van der Waals surface area contributed by atoms with E-state index in [0.717, 1.165) is 40.7 Å². The topological polar surface area (TPSA) is 12.0 Å². The van der Waals surface area contributed by atoms with Crippen LogP contribution in [0.2, 0.25) is 10.0 Å². The summed E-state index contributed by atoms with van der Waals surface area (Å²) in [6.45, 7) is 2.97. The lowest BCUT2D eigenvalue weighted by molar-refractivity contribution is 0.829. The van der Waals surface area contributed by atoms with Crippen LogP contribution in [-0.4, -0.2) is 6.54 Å². The second kappa shape index (κ2) is 3.39. The quantitative estimate of drug-likeness (QED) is 0.697. The Bertz CT molecular complexity index is 347. The Morgan fingerprint density at radius 1 is 1.38 bits per heavy atom. The van der Waals surface area contributed by atoms with Gasteiger partial charge < -0.3 is 5.32 Å². The van der Waals surface area contributed by atoms with Crippen molar-refractivity contribution in [3.8, 4) is 0 Å². The summed E-state index contributed by atoms with van der Waals surface area (Å²) in [5, 5.41) is 4.88. The Morgan fingerprint density at radius 2 is 2.15 bits per heavy atom. The van der Waals surface area contributed by atoms with Crippen LogP contribution in [0.15, 0.2) is 6.07 Å². The third kappa shape index (κ3) is 1.51. The van der Waals surface area contributed by atoms with Gasteiger partial charge in [0.1, 0.15) is 0 Å². The molecule has 0 saturated heterocycles.